The molecule has 2 aromatic rings. The molecule has 23 heavy (non-hydrogen) atoms. The third kappa shape index (κ3) is 2.93. The Morgan fingerprint density at radius 3 is 2.74 bits per heavy atom. The number of hydrogen-bond donors (Lipinski definition) is 1. The minimum Gasteiger partial charge on any atom is -0.370 e. The highest BCUT2D eigenvalue weighted by atomic mass is 32.1. The minimum absolute atomic E-state index is 0.199. The number of nitrogens with zero attached hydrogens (tertiary/aromatic N) is 3. The summed E-state index contributed by atoms with van der Waals surface area (Å²) >= 11 is 1.75. The number of carbonyl (C=O) groups is 1. The maximum Gasteiger partial charge on any atom is 0.225 e. The number of nitrogens with one attached hydrogen (secondary N) is 1. The quantitative estimate of drug-likeness (QED) is 0.914. The van der Waals surface area contributed by atoms with Crippen molar-refractivity contribution in [1.82, 2.24) is 15.2 Å². The highest BCUT2D eigenvalue weighted by molar-refractivity contribution is 7.17. The van der Waals surface area contributed by atoms with Crippen molar-refractivity contribution >= 4 is 33.1 Å². The molecule has 0 bridgehead atoms. The van der Waals surface area contributed by atoms with E-state index in [2.05, 4.69) is 32.7 Å². The Morgan fingerprint density at radius 2 is 1.96 bits per heavy atom. The van der Waals surface area contributed by atoms with Gasteiger partial charge in [0.15, 0.2) is 0 Å². The zero-order chi connectivity index (χ0) is 15.6. The molecule has 2 aromatic heterocycles. The molecule has 0 saturated carbocycles. The van der Waals surface area contributed by atoms with Crippen molar-refractivity contribution in [2.45, 2.75) is 12.8 Å². The molecule has 1 amide bonds. The summed E-state index contributed by atoms with van der Waals surface area (Å²) in [6.45, 7) is 5.49. The van der Waals surface area contributed by atoms with E-state index in [0.717, 1.165) is 57.6 Å². The van der Waals surface area contributed by atoms with Crippen LogP contribution in [0.2, 0.25) is 0 Å². The summed E-state index contributed by atoms with van der Waals surface area (Å²) in [6, 6.07) is 4.18. The molecule has 2 fully saturated rings. The highest BCUT2D eigenvalue weighted by Crippen LogP contribution is 2.32. The topological polar surface area (TPSA) is 48.5 Å². The first kappa shape index (κ1) is 14.9. The zero-order valence-electron chi connectivity index (χ0n) is 13.2. The van der Waals surface area contributed by atoms with E-state index in [0.29, 0.717) is 5.91 Å². The SMILES string of the molecule is O=C(C1CCN(c2ccnc3ccsc23)CC1)N1CCNCC1. The van der Waals surface area contributed by atoms with Gasteiger partial charge < -0.3 is 15.1 Å². The molecular weight excluding hydrogens is 308 g/mol. The fourth-order valence-corrected chi connectivity index (χ4v) is 4.51. The Balaban J connectivity index is 1.42. The summed E-state index contributed by atoms with van der Waals surface area (Å²) in [4.78, 5) is 21.5. The van der Waals surface area contributed by atoms with Gasteiger partial charge in [0.1, 0.15) is 0 Å². The summed E-state index contributed by atoms with van der Waals surface area (Å²) in [7, 11) is 0. The number of pyridine rings is 1. The largest absolute Gasteiger partial charge is 0.370 e. The number of hydrogen-bond acceptors (Lipinski definition) is 5. The maximum atomic E-state index is 12.6. The van der Waals surface area contributed by atoms with E-state index in [-0.39, 0.29) is 5.92 Å². The van der Waals surface area contributed by atoms with Crippen LogP contribution in [0.25, 0.3) is 10.2 Å². The number of fused-ring (bicyclic) bond motifs is 1. The molecule has 2 aliphatic heterocycles. The van der Waals surface area contributed by atoms with Crippen molar-refractivity contribution in [3.05, 3.63) is 23.7 Å². The van der Waals surface area contributed by atoms with Gasteiger partial charge in [0.25, 0.3) is 0 Å². The first-order valence-electron chi connectivity index (χ1n) is 8.39. The Bertz CT molecular complexity index is 687. The molecule has 0 spiro atoms. The van der Waals surface area contributed by atoms with Gasteiger partial charge in [0.2, 0.25) is 5.91 Å². The molecule has 4 rings (SSSR count). The van der Waals surface area contributed by atoms with Crippen LogP contribution in [0.1, 0.15) is 12.8 Å². The van der Waals surface area contributed by atoms with Gasteiger partial charge in [-0.25, -0.2) is 0 Å². The van der Waals surface area contributed by atoms with Crippen LogP contribution in [0.5, 0.6) is 0 Å². The Morgan fingerprint density at radius 1 is 1.17 bits per heavy atom. The number of rotatable bonds is 2. The van der Waals surface area contributed by atoms with Gasteiger partial charge in [-0.2, -0.15) is 0 Å². The predicted octanol–water partition coefficient (Wildman–Crippen LogP) is 1.94. The number of carbonyl (C=O) groups excluding carboxylic acids is 1. The molecule has 1 N–H and O–H groups in total. The van der Waals surface area contributed by atoms with Gasteiger partial charge in [-0.1, -0.05) is 0 Å². The van der Waals surface area contributed by atoms with Crippen LogP contribution in [0.4, 0.5) is 5.69 Å². The average Bonchev–Trinajstić information content (AvgIpc) is 3.11. The third-order valence-corrected chi connectivity index (χ3v) is 5.86. The normalized spacial score (nSPS) is 20.2. The van der Waals surface area contributed by atoms with Gasteiger partial charge in [-0.05, 0) is 30.4 Å². The lowest BCUT2D eigenvalue weighted by molar-refractivity contribution is -0.136. The third-order valence-electron chi connectivity index (χ3n) is 4.94. The van der Waals surface area contributed by atoms with Crippen LogP contribution >= 0.6 is 11.3 Å². The Hall–Kier alpha value is -1.66. The molecule has 4 heterocycles. The van der Waals surface area contributed by atoms with Crippen LogP contribution in [0.3, 0.4) is 0 Å². The van der Waals surface area contributed by atoms with Gasteiger partial charge in [0.05, 0.1) is 15.9 Å². The summed E-state index contributed by atoms with van der Waals surface area (Å²) in [5.41, 5.74) is 2.35. The first-order chi connectivity index (χ1) is 11.3. The summed E-state index contributed by atoms with van der Waals surface area (Å²) < 4.78 is 1.26. The van der Waals surface area contributed by atoms with Crippen molar-refractivity contribution in [3.8, 4) is 0 Å². The van der Waals surface area contributed by atoms with E-state index >= 15 is 0 Å². The molecule has 0 atom stereocenters. The summed E-state index contributed by atoms with van der Waals surface area (Å²) in [5, 5.41) is 5.41. The number of piperidine rings is 1. The minimum atomic E-state index is 0.199. The number of amides is 1. The second-order valence-corrected chi connectivity index (χ2v) is 7.22. The first-order valence-corrected chi connectivity index (χ1v) is 9.27. The molecule has 2 aliphatic rings. The van der Waals surface area contributed by atoms with Crippen molar-refractivity contribution in [2.75, 3.05) is 44.2 Å². The van der Waals surface area contributed by atoms with E-state index in [1.54, 1.807) is 11.3 Å². The zero-order valence-corrected chi connectivity index (χ0v) is 14.0. The molecule has 5 nitrogen and oxygen atoms in total. The van der Waals surface area contributed by atoms with E-state index < -0.39 is 0 Å². The van der Waals surface area contributed by atoms with E-state index in [9.17, 15) is 4.79 Å². The molecular formula is C17H22N4OS. The average molecular weight is 330 g/mol. The van der Waals surface area contributed by atoms with E-state index in [1.807, 2.05) is 11.1 Å². The molecule has 0 aliphatic carbocycles. The van der Waals surface area contributed by atoms with Crippen LogP contribution in [0.15, 0.2) is 23.7 Å². The highest BCUT2D eigenvalue weighted by Gasteiger charge is 2.29. The standard InChI is InChI=1S/C17H22N4OS/c22-17(21-10-6-18-7-11-21)13-2-8-20(9-3-13)15-1-5-19-14-4-12-23-16(14)15/h1,4-5,12-13,18H,2-3,6-11H2. The molecule has 2 saturated heterocycles. The van der Waals surface area contributed by atoms with Crippen LogP contribution in [-0.2, 0) is 4.79 Å². The van der Waals surface area contributed by atoms with Crippen LogP contribution in [-0.4, -0.2) is 55.1 Å². The smallest absolute Gasteiger partial charge is 0.225 e. The monoisotopic (exact) mass is 330 g/mol. The van der Waals surface area contributed by atoms with E-state index in [4.69, 9.17) is 0 Å². The Labute approximate surface area is 140 Å². The van der Waals surface area contributed by atoms with Crippen molar-refractivity contribution in [3.63, 3.8) is 0 Å². The van der Waals surface area contributed by atoms with Gasteiger partial charge in [-0.15, -0.1) is 11.3 Å². The molecule has 0 unspecified atom stereocenters. The van der Waals surface area contributed by atoms with Crippen LogP contribution in [0, 0.1) is 5.92 Å². The fourth-order valence-electron chi connectivity index (χ4n) is 3.62. The van der Waals surface area contributed by atoms with Gasteiger partial charge in [0, 0.05) is 51.4 Å². The second kappa shape index (κ2) is 6.45. The van der Waals surface area contributed by atoms with Crippen molar-refractivity contribution < 1.29 is 4.79 Å². The fraction of sp³-hybridized carbons (Fsp3) is 0.529. The maximum absolute atomic E-state index is 12.6. The number of piperazine rings is 1. The number of aromatic nitrogens is 1. The predicted molar refractivity (Wildman–Crippen MR) is 94.0 cm³/mol. The van der Waals surface area contributed by atoms with Crippen LogP contribution < -0.4 is 10.2 Å². The number of anilines is 1. The molecule has 0 radical (unpaired) electrons. The van der Waals surface area contributed by atoms with Gasteiger partial charge >= 0.3 is 0 Å². The van der Waals surface area contributed by atoms with Gasteiger partial charge in [-0.3, -0.25) is 9.78 Å². The summed E-state index contributed by atoms with van der Waals surface area (Å²) in [6.07, 6.45) is 3.80. The Kier molecular flexibility index (Phi) is 4.18. The number of thiophene rings is 1. The van der Waals surface area contributed by atoms with Crippen molar-refractivity contribution in [2.24, 2.45) is 5.92 Å². The molecule has 6 heteroatoms. The lowest BCUT2D eigenvalue weighted by atomic mass is 9.94. The summed E-state index contributed by atoms with van der Waals surface area (Å²) in [5.74, 6) is 0.562. The van der Waals surface area contributed by atoms with E-state index in [1.165, 1.54) is 10.4 Å². The second-order valence-electron chi connectivity index (χ2n) is 6.30. The lowest BCUT2D eigenvalue weighted by Crippen LogP contribution is -2.50. The lowest BCUT2D eigenvalue weighted by Gasteiger charge is -2.36. The van der Waals surface area contributed by atoms with Crippen molar-refractivity contribution in [1.29, 1.82) is 0 Å². The molecule has 0 aromatic carbocycles. The molecule has 122 valence electrons.